The lowest BCUT2D eigenvalue weighted by molar-refractivity contribution is -0.124. The Labute approximate surface area is 67.1 Å². The summed E-state index contributed by atoms with van der Waals surface area (Å²) in [4.78, 5) is 5.21. The summed E-state index contributed by atoms with van der Waals surface area (Å²) in [5.74, 6) is 0. The molecule has 1 aliphatic rings. The van der Waals surface area contributed by atoms with Crippen molar-refractivity contribution in [2.45, 2.75) is 26.3 Å². The van der Waals surface area contributed by atoms with E-state index in [-0.39, 0.29) is 5.54 Å². The van der Waals surface area contributed by atoms with E-state index in [2.05, 4.69) is 20.8 Å². The fraction of sp³-hybridized carbons (Fsp3) is 0.500. The van der Waals surface area contributed by atoms with Crippen LogP contribution in [0.15, 0.2) is 24.2 Å². The van der Waals surface area contributed by atoms with Gasteiger partial charge in [0.2, 0.25) is 0 Å². The zero-order valence-corrected chi connectivity index (χ0v) is 7.16. The Morgan fingerprint density at radius 1 is 1.45 bits per heavy atom. The van der Waals surface area contributed by atoms with E-state index in [0.29, 0.717) is 5.70 Å². The molecule has 1 rings (SSSR count). The highest BCUT2D eigenvalue weighted by molar-refractivity contribution is 5.14. The lowest BCUT2D eigenvalue weighted by Crippen LogP contribution is -2.37. The third-order valence-electron chi connectivity index (χ3n) is 1.36. The van der Waals surface area contributed by atoms with Gasteiger partial charge in [-0.15, -0.1) is 0 Å². The van der Waals surface area contributed by atoms with Gasteiger partial charge < -0.3 is 10.6 Å². The van der Waals surface area contributed by atoms with Crippen LogP contribution in [-0.2, 0) is 4.84 Å². The fourth-order valence-electron chi connectivity index (χ4n) is 0.735. The summed E-state index contributed by atoms with van der Waals surface area (Å²) in [6, 6.07) is 0. The van der Waals surface area contributed by atoms with Crippen LogP contribution < -0.4 is 5.73 Å². The van der Waals surface area contributed by atoms with Gasteiger partial charge in [-0.05, 0) is 20.8 Å². The van der Waals surface area contributed by atoms with Crippen LogP contribution >= 0.6 is 0 Å². The second kappa shape index (κ2) is 2.49. The maximum Gasteiger partial charge on any atom is 0.121 e. The molecule has 0 aliphatic carbocycles. The van der Waals surface area contributed by atoms with Crippen molar-refractivity contribution in [2.75, 3.05) is 0 Å². The molecule has 1 aliphatic heterocycles. The Morgan fingerprint density at radius 2 is 2.09 bits per heavy atom. The average Bonchev–Trinajstić information content (AvgIpc) is 1.86. The summed E-state index contributed by atoms with van der Waals surface area (Å²) in [7, 11) is 0. The molecule has 0 spiro atoms. The quantitative estimate of drug-likeness (QED) is 0.572. The minimum atomic E-state index is -0.0463. The molecule has 2 N–H and O–H groups in total. The van der Waals surface area contributed by atoms with E-state index in [4.69, 9.17) is 10.6 Å². The minimum Gasteiger partial charge on any atom is -0.397 e. The molecule has 0 fully saturated rings. The highest BCUT2D eigenvalue weighted by Crippen LogP contribution is 2.17. The van der Waals surface area contributed by atoms with Crippen LogP contribution in [0.5, 0.6) is 0 Å². The zero-order valence-electron chi connectivity index (χ0n) is 7.16. The molecule has 0 aromatic heterocycles. The standard InChI is InChI=1S/C8H14N2O/c1-8(2,3)10-6-7(9)4-5-11-10/h4-6H,9H2,1-3H3. The van der Waals surface area contributed by atoms with Crippen molar-refractivity contribution in [2.24, 2.45) is 5.73 Å². The topological polar surface area (TPSA) is 38.5 Å². The lowest BCUT2D eigenvalue weighted by Gasteiger charge is -2.33. The number of nitrogens with zero attached hydrogens (tertiary/aromatic N) is 1. The summed E-state index contributed by atoms with van der Waals surface area (Å²) in [5, 5.41) is 1.72. The Balaban J connectivity index is 2.71. The van der Waals surface area contributed by atoms with Crippen molar-refractivity contribution < 1.29 is 4.84 Å². The Hall–Kier alpha value is -1.12. The van der Waals surface area contributed by atoms with Crippen molar-refractivity contribution in [1.82, 2.24) is 5.06 Å². The molecule has 0 aromatic carbocycles. The zero-order chi connectivity index (χ0) is 8.48. The maximum atomic E-state index is 5.57. The molecular weight excluding hydrogens is 140 g/mol. The van der Waals surface area contributed by atoms with E-state index in [0.717, 1.165) is 0 Å². The van der Waals surface area contributed by atoms with E-state index >= 15 is 0 Å². The predicted molar refractivity (Wildman–Crippen MR) is 44.1 cm³/mol. The van der Waals surface area contributed by atoms with Crippen LogP contribution in [0.25, 0.3) is 0 Å². The molecule has 0 radical (unpaired) electrons. The summed E-state index contributed by atoms with van der Waals surface area (Å²) in [5.41, 5.74) is 6.24. The first kappa shape index (κ1) is 7.98. The summed E-state index contributed by atoms with van der Waals surface area (Å²) in [6.07, 6.45) is 5.09. The highest BCUT2D eigenvalue weighted by atomic mass is 16.7. The molecule has 62 valence electrons. The highest BCUT2D eigenvalue weighted by Gasteiger charge is 2.20. The molecule has 0 atom stereocenters. The van der Waals surface area contributed by atoms with Gasteiger partial charge in [0.05, 0.1) is 17.4 Å². The Bertz CT molecular complexity index is 201. The monoisotopic (exact) mass is 154 g/mol. The van der Waals surface area contributed by atoms with E-state index in [1.807, 2.05) is 0 Å². The summed E-state index contributed by atoms with van der Waals surface area (Å²) < 4.78 is 0. The normalized spacial score (nSPS) is 17.7. The molecule has 3 heteroatoms. The second-order valence-electron chi connectivity index (χ2n) is 3.53. The van der Waals surface area contributed by atoms with Gasteiger partial charge >= 0.3 is 0 Å². The van der Waals surface area contributed by atoms with Crippen LogP contribution in [0, 0.1) is 0 Å². The minimum absolute atomic E-state index is 0.0463. The maximum absolute atomic E-state index is 5.57. The Morgan fingerprint density at radius 3 is 2.45 bits per heavy atom. The predicted octanol–water partition coefficient (Wildman–Crippen LogP) is 1.35. The van der Waals surface area contributed by atoms with E-state index in [1.165, 1.54) is 0 Å². The van der Waals surface area contributed by atoms with Gasteiger partial charge in [-0.2, -0.15) is 0 Å². The largest absolute Gasteiger partial charge is 0.397 e. The molecular formula is C8H14N2O. The molecule has 0 bridgehead atoms. The van der Waals surface area contributed by atoms with Gasteiger partial charge in [-0.1, -0.05) is 0 Å². The fourth-order valence-corrected chi connectivity index (χ4v) is 0.735. The van der Waals surface area contributed by atoms with Gasteiger partial charge in [-0.3, -0.25) is 0 Å². The first-order valence-corrected chi connectivity index (χ1v) is 3.60. The molecule has 3 nitrogen and oxygen atoms in total. The number of nitrogens with two attached hydrogens (primary N) is 1. The number of allylic oxidation sites excluding steroid dienone is 1. The van der Waals surface area contributed by atoms with Crippen LogP contribution in [0.4, 0.5) is 0 Å². The van der Waals surface area contributed by atoms with E-state index in [9.17, 15) is 0 Å². The van der Waals surface area contributed by atoms with Gasteiger partial charge in [0.1, 0.15) is 6.26 Å². The van der Waals surface area contributed by atoms with Crippen molar-refractivity contribution in [3.8, 4) is 0 Å². The van der Waals surface area contributed by atoms with Crippen LogP contribution in [-0.4, -0.2) is 10.6 Å². The van der Waals surface area contributed by atoms with Crippen molar-refractivity contribution in [1.29, 1.82) is 0 Å². The van der Waals surface area contributed by atoms with Gasteiger partial charge in [0.15, 0.2) is 0 Å². The van der Waals surface area contributed by atoms with E-state index < -0.39 is 0 Å². The van der Waals surface area contributed by atoms with E-state index in [1.54, 1.807) is 23.6 Å². The molecule has 0 amide bonds. The van der Waals surface area contributed by atoms with Crippen LogP contribution in [0.1, 0.15) is 20.8 Å². The lowest BCUT2D eigenvalue weighted by atomic mass is 10.1. The van der Waals surface area contributed by atoms with Crippen molar-refractivity contribution in [3.63, 3.8) is 0 Å². The van der Waals surface area contributed by atoms with Gasteiger partial charge in [-0.25, -0.2) is 5.06 Å². The summed E-state index contributed by atoms with van der Waals surface area (Å²) >= 11 is 0. The molecule has 1 heterocycles. The number of hydrogen-bond acceptors (Lipinski definition) is 3. The van der Waals surface area contributed by atoms with Crippen molar-refractivity contribution in [3.05, 3.63) is 24.2 Å². The first-order valence-electron chi connectivity index (χ1n) is 3.60. The number of rotatable bonds is 0. The first-order chi connectivity index (χ1) is 5.00. The molecule has 0 aromatic rings. The molecule has 0 unspecified atom stereocenters. The molecule has 0 saturated carbocycles. The SMILES string of the molecule is CC(C)(C)N1C=C(N)C=CO1. The number of hydrogen-bond donors (Lipinski definition) is 1. The number of hydroxylamine groups is 2. The third-order valence-corrected chi connectivity index (χ3v) is 1.36. The second-order valence-corrected chi connectivity index (χ2v) is 3.53. The average molecular weight is 154 g/mol. The summed E-state index contributed by atoms with van der Waals surface area (Å²) in [6.45, 7) is 6.15. The molecule has 11 heavy (non-hydrogen) atoms. The molecule has 0 saturated heterocycles. The van der Waals surface area contributed by atoms with Crippen molar-refractivity contribution >= 4 is 0 Å². The third kappa shape index (κ3) is 1.90. The van der Waals surface area contributed by atoms with Gasteiger partial charge in [0, 0.05) is 6.08 Å². The smallest absolute Gasteiger partial charge is 0.121 e. The van der Waals surface area contributed by atoms with Crippen LogP contribution in [0.2, 0.25) is 0 Å². The Kier molecular flexibility index (Phi) is 1.81. The van der Waals surface area contributed by atoms with Crippen LogP contribution in [0.3, 0.4) is 0 Å². The van der Waals surface area contributed by atoms with Gasteiger partial charge in [0.25, 0.3) is 0 Å².